The van der Waals surface area contributed by atoms with Crippen LogP contribution in [0.1, 0.15) is 18.1 Å². The summed E-state index contributed by atoms with van der Waals surface area (Å²) in [5, 5.41) is 0.678. The normalized spacial score (nSPS) is 10.7. The third-order valence-corrected chi connectivity index (χ3v) is 1.98. The molecule has 0 radical (unpaired) electrons. The van der Waals surface area contributed by atoms with E-state index in [1.54, 1.807) is 6.08 Å². The minimum absolute atomic E-state index is 0.0247. The van der Waals surface area contributed by atoms with Gasteiger partial charge in [-0.15, -0.1) is 0 Å². The molecule has 0 N–H and O–H groups in total. The fourth-order valence-corrected chi connectivity index (χ4v) is 1.27. The molecule has 0 unspecified atom stereocenters. The zero-order valence-corrected chi connectivity index (χ0v) is 8.43. The topological polar surface area (TPSA) is 17.1 Å². The Balaban J connectivity index is 2.96. The van der Waals surface area contributed by atoms with Crippen LogP contribution in [0.15, 0.2) is 24.3 Å². The quantitative estimate of drug-likeness (QED) is 0.661. The molecule has 0 aliphatic rings. The average Bonchev–Trinajstić information content (AvgIpc) is 2.02. The van der Waals surface area contributed by atoms with Gasteiger partial charge in [0.05, 0.1) is 0 Å². The average molecular weight is 195 g/mol. The Labute approximate surface area is 83.0 Å². The minimum atomic E-state index is 0.0247. The van der Waals surface area contributed by atoms with Gasteiger partial charge in [-0.25, -0.2) is 0 Å². The Morgan fingerprint density at radius 1 is 1.46 bits per heavy atom. The van der Waals surface area contributed by atoms with Crippen molar-refractivity contribution in [3.05, 3.63) is 40.4 Å². The first kappa shape index (κ1) is 10.0. The highest BCUT2D eigenvalue weighted by molar-refractivity contribution is 6.32. The number of rotatable bonds is 2. The zero-order valence-electron chi connectivity index (χ0n) is 7.67. The van der Waals surface area contributed by atoms with Gasteiger partial charge in [0.25, 0.3) is 0 Å². The predicted molar refractivity (Wildman–Crippen MR) is 55.9 cm³/mol. The lowest BCUT2D eigenvalue weighted by molar-refractivity contribution is -0.112. The van der Waals surface area contributed by atoms with E-state index in [1.807, 2.05) is 25.1 Å². The lowest BCUT2D eigenvalue weighted by atomic mass is 10.1. The van der Waals surface area contributed by atoms with Crippen molar-refractivity contribution in [1.82, 2.24) is 0 Å². The van der Waals surface area contributed by atoms with Gasteiger partial charge in [-0.2, -0.15) is 0 Å². The van der Waals surface area contributed by atoms with Crippen LogP contribution in [0, 0.1) is 6.92 Å². The Morgan fingerprint density at radius 2 is 2.15 bits per heavy atom. The number of carbonyl (C=O) groups excluding carboxylic acids is 1. The van der Waals surface area contributed by atoms with Crippen LogP contribution in [-0.4, -0.2) is 5.78 Å². The maximum atomic E-state index is 10.7. The molecule has 0 fully saturated rings. The highest BCUT2D eigenvalue weighted by Crippen LogP contribution is 2.18. The Morgan fingerprint density at radius 3 is 2.69 bits per heavy atom. The van der Waals surface area contributed by atoms with Crippen molar-refractivity contribution in [1.29, 1.82) is 0 Å². The van der Waals surface area contributed by atoms with E-state index in [4.69, 9.17) is 11.6 Å². The van der Waals surface area contributed by atoms with Gasteiger partial charge in [-0.3, -0.25) is 4.79 Å². The smallest absolute Gasteiger partial charge is 0.152 e. The summed E-state index contributed by atoms with van der Waals surface area (Å²) in [4.78, 5) is 10.7. The summed E-state index contributed by atoms with van der Waals surface area (Å²) in [5.41, 5.74) is 1.99. The van der Waals surface area contributed by atoms with E-state index in [2.05, 4.69) is 0 Å². The monoisotopic (exact) mass is 194 g/mol. The number of hydrogen-bond donors (Lipinski definition) is 0. The number of benzene rings is 1. The maximum absolute atomic E-state index is 10.7. The lowest BCUT2D eigenvalue weighted by Gasteiger charge is -1.98. The Hall–Kier alpha value is -1.08. The molecule has 0 aromatic heterocycles. The molecule has 1 rings (SSSR count). The van der Waals surface area contributed by atoms with Gasteiger partial charge in [0.2, 0.25) is 0 Å². The molecule has 0 bridgehead atoms. The van der Waals surface area contributed by atoms with Gasteiger partial charge in [0, 0.05) is 5.02 Å². The molecule has 0 saturated carbocycles. The first-order valence-electron chi connectivity index (χ1n) is 4.04. The summed E-state index contributed by atoms with van der Waals surface area (Å²) in [6.07, 6.45) is 3.24. The third-order valence-electron chi connectivity index (χ3n) is 1.65. The molecule has 0 spiro atoms. The minimum Gasteiger partial charge on any atom is -0.295 e. The second kappa shape index (κ2) is 4.24. The van der Waals surface area contributed by atoms with Gasteiger partial charge >= 0.3 is 0 Å². The van der Waals surface area contributed by atoms with Crippen molar-refractivity contribution in [2.24, 2.45) is 0 Å². The number of hydrogen-bond acceptors (Lipinski definition) is 1. The first-order valence-corrected chi connectivity index (χ1v) is 4.42. The van der Waals surface area contributed by atoms with Crippen LogP contribution in [0.3, 0.4) is 0 Å². The van der Waals surface area contributed by atoms with Crippen LogP contribution >= 0.6 is 11.6 Å². The highest BCUT2D eigenvalue weighted by atomic mass is 35.5. The molecule has 68 valence electrons. The van der Waals surface area contributed by atoms with Crippen LogP contribution in [0.2, 0.25) is 5.02 Å². The first-order chi connectivity index (χ1) is 6.09. The van der Waals surface area contributed by atoms with E-state index < -0.39 is 0 Å². The SMILES string of the molecule is CC(=O)/C=C/c1ccc(C)cc1Cl. The molecule has 1 aromatic rings. The van der Waals surface area contributed by atoms with Gasteiger partial charge in [0.15, 0.2) is 5.78 Å². The van der Waals surface area contributed by atoms with Crippen molar-refractivity contribution >= 4 is 23.5 Å². The largest absolute Gasteiger partial charge is 0.295 e. The molecule has 0 heterocycles. The standard InChI is InChI=1S/C11H11ClO/c1-8-3-5-10(11(12)7-8)6-4-9(2)13/h3-7H,1-2H3/b6-4+. The molecule has 0 amide bonds. The molecule has 0 aliphatic heterocycles. The van der Waals surface area contributed by atoms with Crippen LogP contribution < -0.4 is 0 Å². The number of halogens is 1. The van der Waals surface area contributed by atoms with E-state index in [9.17, 15) is 4.79 Å². The molecule has 1 aromatic carbocycles. The predicted octanol–water partition coefficient (Wildman–Crippen LogP) is 3.25. The second-order valence-electron chi connectivity index (χ2n) is 2.97. The molecule has 1 nitrogen and oxygen atoms in total. The van der Waals surface area contributed by atoms with Crippen LogP contribution in [-0.2, 0) is 4.79 Å². The summed E-state index contributed by atoms with van der Waals surface area (Å²) in [7, 11) is 0. The van der Waals surface area contributed by atoms with E-state index in [0.717, 1.165) is 11.1 Å². The number of carbonyl (C=O) groups is 1. The van der Waals surface area contributed by atoms with E-state index in [1.165, 1.54) is 13.0 Å². The van der Waals surface area contributed by atoms with Crippen molar-refractivity contribution in [2.75, 3.05) is 0 Å². The Bertz CT molecular complexity index is 353. The summed E-state index contributed by atoms with van der Waals surface area (Å²) in [6, 6.07) is 5.74. The molecular formula is C11H11ClO. The van der Waals surface area contributed by atoms with Crippen LogP contribution in [0.4, 0.5) is 0 Å². The third kappa shape index (κ3) is 3.03. The molecule has 0 atom stereocenters. The zero-order chi connectivity index (χ0) is 9.84. The lowest BCUT2D eigenvalue weighted by Crippen LogP contribution is -1.82. The maximum Gasteiger partial charge on any atom is 0.152 e. The molecule has 0 aliphatic carbocycles. The number of allylic oxidation sites excluding steroid dienone is 1. The number of aryl methyl sites for hydroxylation is 1. The summed E-state index contributed by atoms with van der Waals surface area (Å²) in [6.45, 7) is 3.49. The molecular weight excluding hydrogens is 184 g/mol. The van der Waals surface area contributed by atoms with Crippen LogP contribution in [0.25, 0.3) is 6.08 Å². The van der Waals surface area contributed by atoms with Gasteiger partial charge in [-0.1, -0.05) is 23.7 Å². The van der Waals surface area contributed by atoms with Gasteiger partial charge in [0.1, 0.15) is 0 Å². The Kier molecular flexibility index (Phi) is 3.26. The van der Waals surface area contributed by atoms with Crippen molar-refractivity contribution in [3.63, 3.8) is 0 Å². The van der Waals surface area contributed by atoms with Crippen molar-refractivity contribution in [3.8, 4) is 0 Å². The summed E-state index contributed by atoms with van der Waals surface area (Å²) < 4.78 is 0. The fourth-order valence-electron chi connectivity index (χ4n) is 0.974. The second-order valence-corrected chi connectivity index (χ2v) is 3.38. The van der Waals surface area contributed by atoms with E-state index >= 15 is 0 Å². The van der Waals surface area contributed by atoms with Crippen LogP contribution in [0.5, 0.6) is 0 Å². The van der Waals surface area contributed by atoms with Crippen molar-refractivity contribution < 1.29 is 4.79 Å². The van der Waals surface area contributed by atoms with E-state index in [-0.39, 0.29) is 5.78 Å². The fraction of sp³-hybridized carbons (Fsp3) is 0.182. The van der Waals surface area contributed by atoms with E-state index in [0.29, 0.717) is 5.02 Å². The summed E-state index contributed by atoms with van der Waals surface area (Å²) >= 11 is 5.95. The molecule has 0 saturated heterocycles. The number of ketones is 1. The summed E-state index contributed by atoms with van der Waals surface area (Å²) in [5.74, 6) is 0.0247. The highest BCUT2D eigenvalue weighted by Gasteiger charge is 1.95. The van der Waals surface area contributed by atoms with Gasteiger partial charge < -0.3 is 0 Å². The molecule has 13 heavy (non-hydrogen) atoms. The molecule has 2 heteroatoms. The van der Waals surface area contributed by atoms with Gasteiger partial charge in [-0.05, 0) is 43.2 Å². The van der Waals surface area contributed by atoms with Crippen molar-refractivity contribution in [2.45, 2.75) is 13.8 Å².